The van der Waals surface area contributed by atoms with Crippen molar-refractivity contribution in [3.8, 4) is 0 Å². The molecule has 0 amide bonds. The van der Waals surface area contributed by atoms with Gasteiger partial charge in [0, 0.05) is 24.0 Å². The number of halogens is 1. The fourth-order valence-corrected chi connectivity index (χ4v) is 2.11. The SMILES string of the molecule is COCCNCCC(C(C)=O)c1ccc(Br)cc1. The predicted octanol–water partition coefficient (Wildman–Crippen LogP) is 2.75. The van der Waals surface area contributed by atoms with Crippen molar-refractivity contribution in [2.45, 2.75) is 19.3 Å². The Hall–Kier alpha value is -0.710. The van der Waals surface area contributed by atoms with Crippen molar-refractivity contribution in [1.82, 2.24) is 5.32 Å². The molecule has 3 nitrogen and oxygen atoms in total. The molecule has 1 atom stereocenters. The van der Waals surface area contributed by atoms with Crippen molar-refractivity contribution in [3.63, 3.8) is 0 Å². The van der Waals surface area contributed by atoms with Crippen LogP contribution < -0.4 is 5.32 Å². The maximum atomic E-state index is 11.7. The zero-order chi connectivity index (χ0) is 13.4. The van der Waals surface area contributed by atoms with Gasteiger partial charge in [0.2, 0.25) is 0 Å². The fraction of sp³-hybridized carbons (Fsp3) is 0.500. The van der Waals surface area contributed by atoms with Crippen LogP contribution in [0.4, 0.5) is 0 Å². The van der Waals surface area contributed by atoms with Crippen molar-refractivity contribution in [2.75, 3.05) is 26.8 Å². The number of hydrogen-bond acceptors (Lipinski definition) is 3. The van der Waals surface area contributed by atoms with Gasteiger partial charge in [0.1, 0.15) is 5.78 Å². The minimum atomic E-state index is -0.0202. The lowest BCUT2D eigenvalue weighted by Gasteiger charge is -2.14. The summed E-state index contributed by atoms with van der Waals surface area (Å²) in [5.74, 6) is 0.194. The molecule has 100 valence electrons. The molecule has 0 radical (unpaired) electrons. The summed E-state index contributed by atoms with van der Waals surface area (Å²) in [6.45, 7) is 4.00. The Morgan fingerprint density at radius 1 is 1.33 bits per heavy atom. The Balaban J connectivity index is 2.50. The van der Waals surface area contributed by atoms with Gasteiger partial charge in [0.15, 0.2) is 0 Å². The Morgan fingerprint density at radius 3 is 2.56 bits per heavy atom. The van der Waals surface area contributed by atoms with Crippen LogP contribution in [0.15, 0.2) is 28.7 Å². The minimum Gasteiger partial charge on any atom is -0.383 e. The van der Waals surface area contributed by atoms with E-state index in [0.29, 0.717) is 6.61 Å². The molecule has 0 aliphatic carbocycles. The van der Waals surface area contributed by atoms with Gasteiger partial charge in [-0.15, -0.1) is 0 Å². The summed E-state index contributed by atoms with van der Waals surface area (Å²) in [6.07, 6.45) is 0.820. The maximum Gasteiger partial charge on any atom is 0.137 e. The Bertz CT molecular complexity index is 365. The van der Waals surface area contributed by atoms with E-state index in [1.165, 1.54) is 0 Å². The number of benzene rings is 1. The number of methoxy groups -OCH3 is 1. The molecule has 1 aromatic rings. The third kappa shape index (κ3) is 5.29. The molecular weight excluding hydrogens is 294 g/mol. The second-order valence-electron chi connectivity index (χ2n) is 4.25. The van der Waals surface area contributed by atoms with Crippen LogP contribution in [0.2, 0.25) is 0 Å². The molecule has 1 rings (SSSR count). The number of nitrogens with one attached hydrogen (secondary N) is 1. The molecule has 4 heteroatoms. The van der Waals surface area contributed by atoms with E-state index in [9.17, 15) is 4.79 Å². The molecule has 0 saturated heterocycles. The van der Waals surface area contributed by atoms with E-state index in [-0.39, 0.29) is 11.7 Å². The van der Waals surface area contributed by atoms with Gasteiger partial charge in [-0.1, -0.05) is 28.1 Å². The van der Waals surface area contributed by atoms with Crippen LogP contribution in [0.1, 0.15) is 24.8 Å². The van der Waals surface area contributed by atoms with Gasteiger partial charge in [0.05, 0.1) is 6.61 Å². The molecule has 0 aliphatic heterocycles. The number of rotatable bonds is 8. The summed E-state index contributed by atoms with van der Waals surface area (Å²) >= 11 is 3.40. The zero-order valence-corrected chi connectivity index (χ0v) is 12.5. The Kier molecular flexibility index (Phi) is 7.16. The lowest BCUT2D eigenvalue weighted by Crippen LogP contribution is -2.23. The molecule has 0 aromatic heterocycles. The topological polar surface area (TPSA) is 38.3 Å². The van der Waals surface area contributed by atoms with E-state index in [1.807, 2.05) is 24.3 Å². The monoisotopic (exact) mass is 313 g/mol. The number of ether oxygens (including phenoxy) is 1. The predicted molar refractivity (Wildman–Crippen MR) is 76.9 cm³/mol. The van der Waals surface area contributed by atoms with Crippen LogP contribution in [-0.2, 0) is 9.53 Å². The smallest absolute Gasteiger partial charge is 0.137 e. The van der Waals surface area contributed by atoms with Crippen LogP contribution in [0.25, 0.3) is 0 Å². The van der Waals surface area contributed by atoms with Crippen molar-refractivity contribution < 1.29 is 9.53 Å². The molecule has 1 unspecified atom stereocenters. The fourth-order valence-electron chi connectivity index (χ4n) is 1.85. The van der Waals surface area contributed by atoms with Gasteiger partial charge in [0.25, 0.3) is 0 Å². The highest BCUT2D eigenvalue weighted by Crippen LogP contribution is 2.22. The number of carbonyl (C=O) groups is 1. The number of hydrogen-bond donors (Lipinski definition) is 1. The summed E-state index contributed by atoms with van der Waals surface area (Å²) in [7, 11) is 1.68. The van der Waals surface area contributed by atoms with Crippen molar-refractivity contribution in [1.29, 1.82) is 0 Å². The van der Waals surface area contributed by atoms with Gasteiger partial charge in [-0.25, -0.2) is 0 Å². The second-order valence-corrected chi connectivity index (χ2v) is 5.16. The normalized spacial score (nSPS) is 12.4. The molecule has 0 heterocycles. The van der Waals surface area contributed by atoms with Crippen LogP contribution >= 0.6 is 15.9 Å². The summed E-state index contributed by atoms with van der Waals surface area (Å²) < 4.78 is 5.99. The average molecular weight is 314 g/mol. The summed E-state index contributed by atoms with van der Waals surface area (Å²) in [5.41, 5.74) is 1.08. The molecule has 18 heavy (non-hydrogen) atoms. The van der Waals surface area contributed by atoms with E-state index in [0.717, 1.165) is 29.5 Å². The second kappa shape index (κ2) is 8.40. The van der Waals surface area contributed by atoms with E-state index < -0.39 is 0 Å². The third-order valence-corrected chi connectivity index (χ3v) is 3.38. The molecule has 1 N–H and O–H groups in total. The van der Waals surface area contributed by atoms with Crippen LogP contribution in [0, 0.1) is 0 Å². The molecule has 0 fully saturated rings. The number of ketones is 1. The highest BCUT2D eigenvalue weighted by atomic mass is 79.9. The standard InChI is InChI=1S/C14H20BrNO2/c1-11(17)14(7-8-16-9-10-18-2)12-3-5-13(15)6-4-12/h3-6,14,16H,7-10H2,1-2H3. The third-order valence-electron chi connectivity index (χ3n) is 2.86. The summed E-state index contributed by atoms with van der Waals surface area (Å²) in [6, 6.07) is 7.96. The minimum absolute atomic E-state index is 0.0202. The molecule has 0 spiro atoms. The first-order valence-corrected chi connectivity index (χ1v) is 6.90. The van der Waals surface area contributed by atoms with E-state index in [2.05, 4.69) is 21.2 Å². The lowest BCUT2D eigenvalue weighted by atomic mass is 9.92. The van der Waals surface area contributed by atoms with Crippen LogP contribution in [0.3, 0.4) is 0 Å². The molecule has 1 aromatic carbocycles. The van der Waals surface area contributed by atoms with Crippen molar-refractivity contribution >= 4 is 21.7 Å². The van der Waals surface area contributed by atoms with E-state index >= 15 is 0 Å². The number of Topliss-reactive ketones (excluding diaryl/α,β-unsaturated/α-hetero) is 1. The van der Waals surface area contributed by atoms with Gasteiger partial charge in [-0.2, -0.15) is 0 Å². The lowest BCUT2D eigenvalue weighted by molar-refractivity contribution is -0.118. The summed E-state index contributed by atoms with van der Waals surface area (Å²) in [4.78, 5) is 11.7. The largest absolute Gasteiger partial charge is 0.383 e. The van der Waals surface area contributed by atoms with Gasteiger partial charge in [-0.05, 0) is 37.6 Å². The summed E-state index contributed by atoms with van der Waals surface area (Å²) in [5, 5.41) is 3.27. The van der Waals surface area contributed by atoms with Crippen LogP contribution in [0.5, 0.6) is 0 Å². The zero-order valence-electron chi connectivity index (χ0n) is 10.9. The van der Waals surface area contributed by atoms with Gasteiger partial charge < -0.3 is 10.1 Å². The first-order valence-electron chi connectivity index (χ1n) is 6.10. The van der Waals surface area contributed by atoms with Gasteiger partial charge in [-0.3, -0.25) is 4.79 Å². The number of carbonyl (C=O) groups excluding carboxylic acids is 1. The Morgan fingerprint density at radius 2 is 2.00 bits per heavy atom. The molecule has 0 aliphatic rings. The molecule has 0 bridgehead atoms. The van der Waals surface area contributed by atoms with E-state index in [4.69, 9.17) is 4.74 Å². The van der Waals surface area contributed by atoms with Crippen LogP contribution in [-0.4, -0.2) is 32.6 Å². The highest BCUT2D eigenvalue weighted by Gasteiger charge is 2.15. The molecule has 0 saturated carbocycles. The first kappa shape index (κ1) is 15.3. The van der Waals surface area contributed by atoms with Gasteiger partial charge >= 0.3 is 0 Å². The Labute approximate surface area is 117 Å². The average Bonchev–Trinajstić information content (AvgIpc) is 2.35. The van der Waals surface area contributed by atoms with Crippen molar-refractivity contribution in [3.05, 3.63) is 34.3 Å². The highest BCUT2D eigenvalue weighted by molar-refractivity contribution is 9.10. The quantitative estimate of drug-likeness (QED) is 0.750. The molecular formula is C14H20BrNO2. The first-order chi connectivity index (χ1) is 8.65. The van der Waals surface area contributed by atoms with E-state index in [1.54, 1.807) is 14.0 Å². The van der Waals surface area contributed by atoms with Crippen molar-refractivity contribution in [2.24, 2.45) is 0 Å². The maximum absolute atomic E-state index is 11.7.